The molecule has 5 nitrogen and oxygen atoms in total. The van der Waals surface area contributed by atoms with Crippen molar-refractivity contribution in [3.05, 3.63) is 63.4 Å². The molecule has 29 heavy (non-hydrogen) atoms. The largest absolute Gasteiger partial charge is 0.340 e. The maximum atomic E-state index is 13.9. The first-order valence-corrected chi connectivity index (χ1v) is 9.69. The summed E-state index contributed by atoms with van der Waals surface area (Å²) in [5.74, 6) is -0.883. The van der Waals surface area contributed by atoms with Crippen LogP contribution in [0.15, 0.2) is 30.3 Å². The zero-order valence-electron chi connectivity index (χ0n) is 17.5. The minimum absolute atomic E-state index is 0.0296. The molecule has 1 N–H and O–H groups in total. The minimum Gasteiger partial charge on any atom is -0.340 e. The number of halogens is 2. The van der Waals surface area contributed by atoms with Gasteiger partial charge in [-0.2, -0.15) is 0 Å². The van der Waals surface area contributed by atoms with Gasteiger partial charge in [-0.05, 0) is 51.1 Å². The summed E-state index contributed by atoms with van der Waals surface area (Å²) in [5, 5.41) is 3.20. The zero-order chi connectivity index (χ0) is 21.7. The van der Waals surface area contributed by atoms with E-state index in [1.807, 2.05) is 32.9 Å². The number of carbonyl (C=O) groups is 2. The smallest absolute Gasteiger partial charge is 0.238 e. The molecular formula is C22H27ClFN3O2. The third-order valence-electron chi connectivity index (χ3n) is 4.64. The second-order valence-electron chi connectivity index (χ2n) is 7.44. The number of nitrogens with one attached hydrogen (secondary N) is 1. The summed E-state index contributed by atoms with van der Waals surface area (Å²) in [6.45, 7) is 6.06. The highest BCUT2D eigenvalue weighted by Gasteiger charge is 2.17. The molecule has 0 aromatic heterocycles. The first-order chi connectivity index (χ1) is 13.6. The number of rotatable bonds is 7. The number of nitrogens with zero attached hydrogens (tertiary/aromatic N) is 2. The van der Waals surface area contributed by atoms with Gasteiger partial charge in [-0.15, -0.1) is 0 Å². The molecular weight excluding hydrogens is 393 g/mol. The van der Waals surface area contributed by atoms with Gasteiger partial charge >= 0.3 is 0 Å². The van der Waals surface area contributed by atoms with Gasteiger partial charge in [0.1, 0.15) is 5.82 Å². The number of amides is 2. The van der Waals surface area contributed by atoms with Crippen LogP contribution in [0.25, 0.3) is 0 Å². The molecule has 0 spiro atoms. The molecule has 2 aromatic carbocycles. The standard InChI is InChI=1S/C22H27ClFN3O2/c1-14-9-15(2)22(16(3)10-14)25-20(28)12-26(4)13-21(29)27(5)11-17-18(23)7-6-8-19(17)24/h6-10H,11-13H2,1-5H3,(H,25,28). The molecule has 0 atom stereocenters. The molecule has 0 radical (unpaired) electrons. The summed E-state index contributed by atoms with van der Waals surface area (Å²) < 4.78 is 13.9. The lowest BCUT2D eigenvalue weighted by molar-refractivity contribution is -0.131. The first kappa shape index (κ1) is 22.8. The third kappa shape index (κ3) is 6.27. The van der Waals surface area contributed by atoms with E-state index in [-0.39, 0.29) is 42.0 Å². The number of benzene rings is 2. The fraction of sp³-hybridized carbons (Fsp3) is 0.364. The van der Waals surface area contributed by atoms with Gasteiger partial charge in [0, 0.05) is 29.9 Å². The number of hydrogen-bond acceptors (Lipinski definition) is 3. The van der Waals surface area contributed by atoms with Crippen molar-refractivity contribution < 1.29 is 14.0 Å². The zero-order valence-corrected chi connectivity index (χ0v) is 18.2. The van der Waals surface area contributed by atoms with Crippen LogP contribution in [-0.2, 0) is 16.1 Å². The van der Waals surface area contributed by atoms with E-state index in [1.54, 1.807) is 25.1 Å². The van der Waals surface area contributed by atoms with Gasteiger partial charge in [0.2, 0.25) is 11.8 Å². The van der Waals surface area contributed by atoms with Gasteiger partial charge in [-0.3, -0.25) is 14.5 Å². The van der Waals surface area contributed by atoms with Gasteiger partial charge < -0.3 is 10.2 Å². The predicted octanol–water partition coefficient (Wildman–Crippen LogP) is 3.93. The highest BCUT2D eigenvalue weighted by Crippen LogP contribution is 2.22. The summed E-state index contributed by atoms with van der Waals surface area (Å²) in [7, 11) is 3.27. The predicted molar refractivity (Wildman–Crippen MR) is 115 cm³/mol. The van der Waals surface area contributed by atoms with Crippen LogP contribution in [0.4, 0.5) is 10.1 Å². The van der Waals surface area contributed by atoms with Crippen molar-refractivity contribution in [2.75, 3.05) is 32.5 Å². The number of likely N-dealkylation sites (N-methyl/N-ethyl adjacent to an activating group) is 2. The summed E-state index contributed by atoms with van der Waals surface area (Å²) in [6.07, 6.45) is 0. The lowest BCUT2D eigenvalue weighted by atomic mass is 10.1. The van der Waals surface area contributed by atoms with E-state index in [0.717, 1.165) is 22.4 Å². The van der Waals surface area contributed by atoms with Crippen molar-refractivity contribution in [3.63, 3.8) is 0 Å². The van der Waals surface area contributed by atoms with E-state index < -0.39 is 5.82 Å². The number of aryl methyl sites for hydroxylation is 3. The van der Waals surface area contributed by atoms with Gasteiger partial charge in [0.15, 0.2) is 0 Å². The molecule has 2 aromatic rings. The van der Waals surface area contributed by atoms with Crippen molar-refractivity contribution in [2.45, 2.75) is 27.3 Å². The minimum atomic E-state index is -0.450. The Hall–Kier alpha value is -2.44. The SMILES string of the molecule is Cc1cc(C)c(NC(=O)CN(C)CC(=O)N(C)Cc2c(F)cccc2Cl)c(C)c1. The van der Waals surface area contributed by atoms with E-state index in [0.29, 0.717) is 0 Å². The molecule has 2 rings (SSSR count). The summed E-state index contributed by atoms with van der Waals surface area (Å²) >= 11 is 6.02. The molecule has 0 aliphatic heterocycles. The molecule has 0 saturated heterocycles. The van der Waals surface area contributed by atoms with Crippen molar-refractivity contribution in [1.82, 2.24) is 9.80 Å². The van der Waals surface area contributed by atoms with E-state index in [4.69, 9.17) is 11.6 Å². The van der Waals surface area contributed by atoms with Crippen molar-refractivity contribution in [1.29, 1.82) is 0 Å². The topological polar surface area (TPSA) is 52.7 Å². The maximum absolute atomic E-state index is 13.9. The Morgan fingerprint density at radius 1 is 1.07 bits per heavy atom. The van der Waals surface area contributed by atoms with Gasteiger partial charge in [-0.25, -0.2) is 4.39 Å². The number of carbonyl (C=O) groups excluding carboxylic acids is 2. The molecule has 0 aliphatic carbocycles. The van der Waals surface area contributed by atoms with Crippen LogP contribution < -0.4 is 5.32 Å². The Kier molecular flexibility index (Phi) is 7.76. The van der Waals surface area contributed by atoms with Crippen molar-refractivity contribution >= 4 is 29.1 Å². The molecule has 0 heterocycles. The Bertz CT molecular complexity index is 874. The molecule has 0 unspecified atom stereocenters. The fourth-order valence-corrected chi connectivity index (χ4v) is 3.44. The number of anilines is 1. The third-order valence-corrected chi connectivity index (χ3v) is 5.00. The Morgan fingerprint density at radius 3 is 2.28 bits per heavy atom. The summed E-state index contributed by atoms with van der Waals surface area (Å²) in [6, 6.07) is 8.44. The summed E-state index contributed by atoms with van der Waals surface area (Å²) in [5.41, 5.74) is 4.20. The van der Waals surface area contributed by atoms with Gasteiger partial charge in [-0.1, -0.05) is 35.4 Å². The van der Waals surface area contributed by atoms with Crippen molar-refractivity contribution in [2.24, 2.45) is 0 Å². The Balaban J connectivity index is 1.92. The summed E-state index contributed by atoms with van der Waals surface area (Å²) in [4.78, 5) is 27.9. The second-order valence-corrected chi connectivity index (χ2v) is 7.85. The lowest BCUT2D eigenvalue weighted by Crippen LogP contribution is -2.39. The Morgan fingerprint density at radius 2 is 1.69 bits per heavy atom. The molecule has 0 saturated carbocycles. The van der Waals surface area contributed by atoms with E-state index in [1.165, 1.54) is 17.0 Å². The molecule has 0 bridgehead atoms. The van der Waals surface area contributed by atoms with Gasteiger partial charge in [0.25, 0.3) is 0 Å². The van der Waals surface area contributed by atoms with E-state index in [9.17, 15) is 14.0 Å². The van der Waals surface area contributed by atoms with Crippen LogP contribution in [-0.4, -0.2) is 48.8 Å². The number of hydrogen-bond donors (Lipinski definition) is 1. The van der Waals surface area contributed by atoms with Gasteiger partial charge in [0.05, 0.1) is 13.1 Å². The average molecular weight is 420 g/mol. The van der Waals surface area contributed by atoms with Crippen LogP contribution in [0.1, 0.15) is 22.3 Å². The molecule has 2 amide bonds. The molecule has 0 aliphatic rings. The second kappa shape index (κ2) is 9.85. The van der Waals surface area contributed by atoms with E-state index in [2.05, 4.69) is 5.32 Å². The van der Waals surface area contributed by atoms with Crippen molar-refractivity contribution in [3.8, 4) is 0 Å². The fourth-order valence-electron chi connectivity index (χ4n) is 3.22. The molecule has 0 fully saturated rings. The first-order valence-electron chi connectivity index (χ1n) is 9.31. The monoisotopic (exact) mass is 419 g/mol. The normalized spacial score (nSPS) is 10.9. The quantitative estimate of drug-likeness (QED) is 0.739. The van der Waals surface area contributed by atoms with Crippen LogP contribution in [0.3, 0.4) is 0 Å². The van der Waals surface area contributed by atoms with Crippen LogP contribution in [0, 0.1) is 26.6 Å². The van der Waals surface area contributed by atoms with Crippen LogP contribution >= 0.6 is 11.6 Å². The highest BCUT2D eigenvalue weighted by molar-refractivity contribution is 6.31. The average Bonchev–Trinajstić information content (AvgIpc) is 2.61. The van der Waals surface area contributed by atoms with Crippen LogP contribution in [0.2, 0.25) is 5.02 Å². The molecule has 7 heteroatoms. The van der Waals surface area contributed by atoms with Crippen LogP contribution in [0.5, 0.6) is 0 Å². The highest BCUT2D eigenvalue weighted by atomic mass is 35.5. The van der Waals surface area contributed by atoms with E-state index >= 15 is 0 Å². The molecule has 156 valence electrons. The maximum Gasteiger partial charge on any atom is 0.238 e. The Labute approximate surface area is 176 Å². The lowest BCUT2D eigenvalue weighted by Gasteiger charge is -2.22.